The normalized spacial score (nSPS) is 44.6. The first-order valence-corrected chi connectivity index (χ1v) is 16.1. The first-order chi connectivity index (χ1) is 18.6. The molecule has 2 atom stereocenters. The number of hydrogen-bond acceptors (Lipinski definition) is 0. The lowest BCUT2D eigenvalue weighted by atomic mass is 9.27. The molecule has 198 valence electrons. The molecule has 0 N–H and O–H groups in total. The average molecular weight is 503 g/mol. The fraction of sp³-hybridized carbons (Fsp3) is 0.579. The molecule has 38 heavy (non-hydrogen) atoms. The minimum Gasteiger partial charge on any atom is -0.0871 e. The van der Waals surface area contributed by atoms with Crippen molar-refractivity contribution >= 4 is 12.2 Å². The van der Waals surface area contributed by atoms with Gasteiger partial charge in [-0.1, -0.05) is 72.8 Å². The van der Waals surface area contributed by atoms with E-state index < -0.39 is 0 Å². The van der Waals surface area contributed by atoms with Gasteiger partial charge in [0.25, 0.3) is 0 Å². The van der Waals surface area contributed by atoms with E-state index in [0.29, 0.717) is 10.8 Å². The molecule has 0 heterocycles. The molecule has 8 bridgehead atoms. The lowest BCUT2D eigenvalue weighted by molar-refractivity contribution is -0.234. The third-order valence-electron chi connectivity index (χ3n) is 13.1. The summed E-state index contributed by atoms with van der Waals surface area (Å²) in [6.07, 6.45) is 26.1. The minimum absolute atomic E-state index is 0.109. The topological polar surface area (TPSA) is 0 Å². The zero-order valence-electron chi connectivity index (χ0n) is 23.7. The van der Waals surface area contributed by atoms with Crippen molar-refractivity contribution in [1.82, 2.24) is 0 Å². The van der Waals surface area contributed by atoms with Crippen LogP contribution >= 0.6 is 0 Å². The van der Waals surface area contributed by atoms with Crippen LogP contribution in [0.3, 0.4) is 0 Å². The van der Waals surface area contributed by atoms with Gasteiger partial charge in [-0.3, -0.25) is 0 Å². The number of benzene rings is 2. The van der Waals surface area contributed by atoms with E-state index in [9.17, 15) is 0 Å². The highest BCUT2D eigenvalue weighted by Gasteiger charge is 2.74. The fourth-order valence-electron chi connectivity index (χ4n) is 13.0. The first kappa shape index (κ1) is 23.8. The van der Waals surface area contributed by atoms with E-state index in [0.717, 1.165) is 35.5 Å². The highest BCUT2D eigenvalue weighted by atomic mass is 14.8. The Kier molecular flexibility index (Phi) is 5.29. The second-order valence-electron chi connectivity index (χ2n) is 14.8. The Hall–Kier alpha value is -2.08. The molecule has 8 fully saturated rings. The standard InChI is InChI=1S/C38H46/c1-3-9-31-11-5-7-13-34(31)38(35-14-8-6-12-32(35)10-4-2)33-19-29-18-30(20-33)25-37(38,24-29)36-21-26-15-27(22-36)17-28(16-26)23-36/h3-14,26-30,33H,15-25H2,1-2H3. The molecule has 0 heteroatoms. The molecule has 2 aromatic rings. The summed E-state index contributed by atoms with van der Waals surface area (Å²) in [5.74, 6) is 5.68. The maximum absolute atomic E-state index is 2.59. The number of rotatable bonds is 5. The quantitative estimate of drug-likeness (QED) is 0.381. The van der Waals surface area contributed by atoms with Gasteiger partial charge in [-0.2, -0.15) is 0 Å². The summed E-state index contributed by atoms with van der Waals surface area (Å²) in [6, 6.07) is 19.4. The van der Waals surface area contributed by atoms with Crippen LogP contribution in [0, 0.1) is 46.3 Å². The summed E-state index contributed by atoms with van der Waals surface area (Å²) >= 11 is 0. The second kappa shape index (κ2) is 8.46. The van der Waals surface area contributed by atoms with Crippen molar-refractivity contribution < 1.29 is 0 Å². The SMILES string of the molecule is CC=Cc1ccccc1C1(c2ccccc2C=CC)C2CC3CC(C2)CC1(C12CC4CC(CC(C4)C1)C2)C3. The van der Waals surface area contributed by atoms with Crippen LogP contribution in [0.1, 0.15) is 107 Å². The molecule has 0 radical (unpaired) electrons. The van der Waals surface area contributed by atoms with Crippen LogP contribution in [-0.2, 0) is 5.41 Å². The number of allylic oxidation sites excluding steroid dienone is 2. The molecular weight excluding hydrogens is 456 g/mol. The van der Waals surface area contributed by atoms with Gasteiger partial charge in [0.2, 0.25) is 0 Å². The summed E-state index contributed by atoms with van der Waals surface area (Å²) in [5, 5.41) is 0. The highest BCUT2D eigenvalue weighted by molar-refractivity contribution is 5.66. The lowest BCUT2D eigenvalue weighted by Crippen LogP contribution is -2.71. The van der Waals surface area contributed by atoms with Crippen LogP contribution in [-0.4, -0.2) is 0 Å². The van der Waals surface area contributed by atoms with Gasteiger partial charge < -0.3 is 0 Å². The monoisotopic (exact) mass is 502 g/mol. The maximum atomic E-state index is 2.59. The molecule has 0 saturated heterocycles. The van der Waals surface area contributed by atoms with Crippen molar-refractivity contribution in [2.24, 2.45) is 46.3 Å². The molecule has 0 aromatic heterocycles. The molecule has 8 saturated carbocycles. The predicted molar refractivity (Wildman–Crippen MR) is 160 cm³/mol. The summed E-state index contributed by atoms with van der Waals surface area (Å²) in [7, 11) is 0. The Balaban J connectivity index is 1.48. The van der Waals surface area contributed by atoms with Crippen LogP contribution in [0.5, 0.6) is 0 Å². The molecule has 0 nitrogen and oxygen atoms in total. The van der Waals surface area contributed by atoms with E-state index in [4.69, 9.17) is 0 Å². The zero-order chi connectivity index (χ0) is 25.5. The van der Waals surface area contributed by atoms with Crippen molar-refractivity contribution in [3.8, 4) is 0 Å². The Labute approximate surface area is 231 Å². The Morgan fingerprint density at radius 3 is 1.42 bits per heavy atom. The molecule has 8 aliphatic carbocycles. The van der Waals surface area contributed by atoms with Crippen molar-refractivity contribution in [3.05, 3.63) is 82.9 Å². The van der Waals surface area contributed by atoms with E-state index in [2.05, 4.69) is 86.7 Å². The van der Waals surface area contributed by atoms with Gasteiger partial charge in [-0.15, -0.1) is 0 Å². The van der Waals surface area contributed by atoms with E-state index in [1.807, 2.05) is 0 Å². The predicted octanol–water partition coefficient (Wildman–Crippen LogP) is 10.1. The largest absolute Gasteiger partial charge is 0.0871 e. The van der Waals surface area contributed by atoms with Crippen LogP contribution in [0.2, 0.25) is 0 Å². The van der Waals surface area contributed by atoms with Crippen molar-refractivity contribution in [2.75, 3.05) is 0 Å². The summed E-state index contributed by atoms with van der Waals surface area (Å²) < 4.78 is 0. The molecule has 0 amide bonds. The molecule has 0 spiro atoms. The van der Waals surface area contributed by atoms with Crippen molar-refractivity contribution in [2.45, 2.75) is 89.9 Å². The fourth-order valence-corrected chi connectivity index (χ4v) is 13.0. The summed E-state index contributed by atoms with van der Waals surface area (Å²) in [4.78, 5) is 0. The molecule has 8 aliphatic rings. The highest BCUT2D eigenvalue weighted by Crippen LogP contribution is 2.81. The third kappa shape index (κ3) is 2.99. The second-order valence-corrected chi connectivity index (χ2v) is 14.8. The van der Waals surface area contributed by atoms with Gasteiger partial charge in [-0.05, 0) is 153 Å². The van der Waals surface area contributed by atoms with Gasteiger partial charge in [0.1, 0.15) is 0 Å². The van der Waals surface area contributed by atoms with Gasteiger partial charge >= 0.3 is 0 Å². The summed E-state index contributed by atoms with van der Waals surface area (Å²) in [6.45, 7) is 4.42. The van der Waals surface area contributed by atoms with E-state index in [1.54, 1.807) is 30.4 Å². The van der Waals surface area contributed by atoms with Gasteiger partial charge in [0.15, 0.2) is 0 Å². The Morgan fingerprint density at radius 1 is 0.553 bits per heavy atom. The number of hydrogen-bond donors (Lipinski definition) is 0. The minimum atomic E-state index is 0.109. The van der Waals surface area contributed by atoms with Crippen LogP contribution < -0.4 is 0 Å². The Morgan fingerprint density at radius 2 is 0.974 bits per heavy atom. The molecule has 0 aliphatic heterocycles. The van der Waals surface area contributed by atoms with E-state index >= 15 is 0 Å². The Bertz CT molecular complexity index is 1180. The molecule has 10 rings (SSSR count). The van der Waals surface area contributed by atoms with Crippen LogP contribution in [0.4, 0.5) is 0 Å². The maximum Gasteiger partial charge on any atom is 0.0304 e. The lowest BCUT2D eigenvalue weighted by Gasteiger charge is -2.77. The van der Waals surface area contributed by atoms with Gasteiger partial charge in [-0.25, -0.2) is 0 Å². The van der Waals surface area contributed by atoms with Crippen LogP contribution in [0.25, 0.3) is 12.2 Å². The molecule has 2 aromatic carbocycles. The van der Waals surface area contributed by atoms with Crippen LogP contribution in [0.15, 0.2) is 60.7 Å². The third-order valence-corrected chi connectivity index (χ3v) is 13.1. The average Bonchev–Trinajstić information content (AvgIpc) is 2.89. The summed E-state index contributed by atoms with van der Waals surface area (Å²) in [5.41, 5.74) is 7.36. The van der Waals surface area contributed by atoms with E-state index in [-0.39, 0.29) is 5.41 Å². The van der Waals surface area contributed by atoms with Crippen molar-refractivity contribution in [1.29, 1.82) is 0 Å². The smallest absolute Gasteiger partial charge is 0.0304 e. The van der Waals surface area contributed by atoms with Gasteiger partial charge in [0, 0.05) is 5.41 Å². The first-order valence-electron chi connectivity index (χ1n) is 16.1. The molecular formula is C38H46. The van der Waals surface area contributed by atoms with Gasteiger partial charge in [0.05, 0.1) is 0 Å². The van der Waals surface area contributed by atoms with E-state index in [1.165, 1.54) is 62.5 Å². The zero-order valence-corrected chi connectivity index (χ0v) is 23.7. The van der Waals surface area contributed by atoms with Crippen molar-refractivity contribution in [3.63, 3.8) is 0 Å². The molecule has 2 unspecified atom stereocenters.